The highest BCUT2D eigenvalue weighted by Crippen LogP contribution is 2.49. The first-order valence-electron chi connectivity index (χ1n) is 40.3. The maximum Gasteiger partial charge on any atom is 0.230 e. The summed E-state index contributed by atoms with van der Waals surface area (Å²) in [5.74, 6) is 1.66. The zero-order valence-electron chi connectivity index (χ0n) is 63.4. The van der Waals surface area contributed by atoms with Crippen molar-refractivity contribution in [3.8, 4) is 134 Å². The van der Waals surface area contributed by atoms with E-state index in [4.69, 9.17) is 9.47 Å². The largest absolute Gasteiger partial charge is 0.457 e. The van der Waals surface area contributed by atoms with Crippen LogP contribution in [0.25, 0.3) is 144 Å². The summed E-state index contributed by atoms with van der Waals surface area (Å²) in [6.45, 7) is 9.37. The van der Waals surface area contributed by atoms with E-state index in [0.29, 0.717) is 0 Å². The van der Waals surface area contributed by atoms with Gasteiger partial charge in [0.15, 0.2) is 0 Å². The Morgan fingerprint density at radius 2 is 0.439 bits per heavy atom. The Labute approximate surface area is 637 Å². The van der Waals surface area contributed by atoms with Crippen molar-refractivity contribution in [2.75, 3.05) is 6.79 Å². The third kappa shape index (κ3) is 16.6. The molecule has 0 N–H and O–H groups in total. The molecule has 0 radical (unpaired) electrons. The fourth-order valence-electron chi connectivity index (χ4n) is 16.5. The number of rotatable bonds is 30. The van der Waals surface area contributed by atoms with Crippen LogP contribution in [-0.2, 0) is 25.7 Å². The van der Waals surface area contributed by atoms with Crippen molar-refractivity contribution in [1.82, 2.24) is 0 Å². The highest BCUT2D eigenvalue weighted by Gasteiger charge is 2.24. The van der Waals surface area contributed by atoms with Gasteiger partial charge < -0.3 is 9.47 Å². The minimum Gasteiger partial charge on any atom is -0.457 e. The van der Waals surface area contributed by atoms with Crippen molar-refractivity contribution in [2.24, 2.45) is 0 Å². The van der Waals surface area contributed by atoms with Crippen LogP contribution >= 0.6 is 0 Å². The van der Waals surface area contributed by atoms with E-state index in [1.54, 1.807) is 0 Å². The average Bonchev–Trinajstić information content (AvgIpc) is 1.73. The van der Waals surface area contributed by atoms with Gasteiger partial charge in [-0.2, -0.15) is 0 Å². The molecule has 107 heavy (non-hydrogen) atoms. The van der Waals surface area contributed by atoms with Gasteiger partial charge in [0.05, 0.1) is 0 Å². The van der Waals surface area contributed by atoms with Crippen molar-refractivity contribution in [3.05, 3.63) is 313 Å². The SMILES string of the molecule is CCCCCCc1cc(-c2ccc(-c3ccc(-c4ccc5c6c(ccc5c4)OCOc4ccc5cc(-c7ccc(-c8ccc(-c9cc(CCCCCC)c(-c%10ccc(-c%11ccccc%11)cc%10)cc9CCCCCC)cc8)cc7)ccc5c4-6)cc3)cc2)c(CCCCCC)cc1-c1ccc(-c2ccccc2)cc1. The van der Waals surface area contributed by atoms with Gasteiger partial charge in [-0.25, -0.2) is 0 Å². The summed E-state index contributed by atoms with van der Waals surface area (Å²) in [7, 11) is 0. The second kappa shape index (κ2) is 34.6. The molecule has 0 amide bonds. The Balaban J connectivity index is 0.663. The summed E-state index contributed by atoms with van der Waals surface area (Å²) >= 11 is 0. The van der Waals surface area contributed by atoms with E-state index in [2.05, 4.69) is 319 Å². The Hall–Kier alpha value is -10.8. The third-order valence-electron chi connectivity index (χ3n) is 22.6. The van der Waals surface area contributed by atoms with E-state index in [9.17, 15) is 0 Å². The van der Waals surface area contributed by atoms with Gasteiger partial charge in [0.1, 0.15) is 11.5 Å². The fraction of sp³-hybridized carbons (Fsp3) is 0.238. The lowest BCUT2D eigenvalue weighted by Crippen LogP contribution is -2.03. The van der Waals surface area contributed by atoms with Crippen LogP contribution in [0, 0.1) is 0 Å². The normalized spacial score (nSPS) is 11.9. The fourth-order valence-corrected chi connectivity index (χ4v) is 16.5. The van der Waals surface area contributed by atoms with Gasteiger partial charge in [-0.1, -0.05) is 372 Å². The molecule has 1 heterocycles. The zero-order valence-corrected chi connectivity index (χ0v) is 63.4. The molecule has 0 saturated heterocycles. The van der Waals surface area contributed by atoms with Crippen LogP contribution in [0.2, 0.25) is 0 Å². The molecule has 0 spiro atoms. The van der Waals surface area contributed by atoms with Crippen LogP contribution in [0.3, 0.4) is 0 Å². The highest BCUT2D eigenvalue weighted by atomic mass is 16.7. The lowest BCUT2D eigenvalue weighted by atomic mass is 9.86. The molecular weight excluding hydrogens is 1290 g/mol. The van der Waals surface area contributed by atoms with Crippen molar-refractivity contribution in [1.29, 1.82) is 0 Å². The molecule has 0 fully saturated rings. The van der Waals surface area contributed by atoms with Gasteiger partial charge in [-0.05, 0) is 231 Å². The van der Waals surface area contributed by atoms with Crippen LogP contribution in [0.1, 0.15) is 153 Å². The number of benzene rings is 14. The van der Waals surface area contributed by atoms with Crippen molar-refractivity contribution in [2.45, 2.75) is 156 Å². The number of aryl methyl sites for hydroxylation is 4. The van der Waals surface area contributed by atoms with Gasteiger partial charge in [-0.3, -0.25) is 0 Å². The first-order valence-corrected chi connectivity index (χ1v) is 40.3. The van der Waals surface area contributed by atoms with Crippen molar-refractivity contribution < 1.29 is 9.47 Å². The van der Waals surface area contributed by atoms with E-state index in [-0.39, 0.29) is 6.79 Å². The van der Waals surface area contributed by atoms with Crippen molar-refractivity contribution in [3.63, 3.8) is 0 Å². The molecule has 14 aromatic rings. The second-order valence-corrected chi connectivity index (χ2v) is 29.9. The smallest absolute Gasteiger partial charge is 0.230 e. The molecule has 2 nitrogen and oxygen atoms in total. The molecule has 15 rings (SSSR count). The molecule has 1 aliphatic rings. The van der Waals surface area contributed by atoms with E-state index in [0.717, 1.165) is 69.9 Å². The molecule has 0 aliphatic carbocycles. The standard InChI is InChI=1S/C105H102O2/c1-5-9-13-19-31-90-71-100(92(33-21-15-11-7-3)69-98(90)84-51-43-76(44-52-84)74-27-23-17-24-28-74)86-55-47-80(48-56-86)78-35-39-82(40-36-78)88-59-63-96-94(67-88)61-65-102-104(96)105-97-64-60-89(68-95(97)62-66-103(105)107-73-106-102)83-41-37-79(38-42-83)81-49-57-87(58-50-81)101-72-91(32-20-14-10-6-2)99(70-93(101)34-22-16-12-8-4)85-53-45-77(46-54-85)75-29-25-18-26-30-75/h17-18,23-30,35-72H,5-16,19-22,31-34,73H2,1-4H3. The third-order valence-corrected chi connectivity index (χ3v) is 22.6. The minimum atomic E-state index is 0.148. The van der Waals surface area contributed by atoms with Crippen LogP contribution < -0.4 is 9.47 Å². The maximum absolute atomic E-state index is 6.41. The molecule has 0 unspecified atom stereocenters. The molecule has 14 aromatic carbocycles. The van der Waals surface area contributed by atoms with Crippen LogP contribution in [0.5, 0.6) is 11.5 Å². The predicted octanol–water partition coefficient (Wildman–Crippen LogP) is 30.5. The van der Waals surface area contributed by atoms with Gasteiger partial charge in [0.25, 0.3) is 0 Å². The first kappa shape index (κ1) is 71.8. The number of unbranched alkanes of at least 4 members (excludes halogenated alkanes) is 12. The van der Waals surface area contributed by atoms with Crippen LogP contribution in [0.4, 0.5) is 0 Å². The lowest BCUT2D eigenvalue weighted by Gasteiger charge is -2.18. The molecule has 534 valence electrons. The summed E-state index contributed by atoms with van der Waals surface area (Å²) in [6.07, 6.45) is 24.2. The van der Waals surface area contributed by atoms with E-state index < -0.39 is 0 Å². The number of hydrogen-bond donors (Lipinski definition) is 0. The Morgan fingerprint density at radius 1 is 0.206 bits per heavy atom. The van der Waals surface area contributed by atoms with Crippen LogP contribution in [-0.4, -0.2) is 6.79 Å². The summed E-state index contributed by atoms with van der Waals surface area (Å²) in [4.78, 5) is 0. The van der Waals surface area contributed by atoms with Gasteiger partial charge >= 0.3 is 0 Å². The Morgan fingerprint density at radius 3 is 0.701 bits per heavy atom. The molecule has 0 aromatic heterocycles. The maximum atomic E-state index is 6.41. The average molecular weight is 1400 g/mol. The quantitative estimate of drug-likeness (QED) is 0.0418. The molecule has 0 saturated carbocycles. The predicted molar refractivity (Wildman–Crippen MR) is 459 cm³/mol. The second-order valence-electron chi connectivity index (χ2n) is 29.9. The Kier molecular flexibility index (Phi) is 23.2. The van der Waals surface area contributed by atoms with Gasteiger partial charge in [0.2, 0.25) is 6.79 Å². The minimum absolute atomic E-state index is 0.148. The van der Waals surface area contributed by atoms with Gasteiger partial charge in [-0.15, -0.1) is 0 Å². The zero-order chi connectivity index (χ0) is 72.7. The van der Waals surface area contributed by atoms with E-state index in [1.807, 2.05) is 0 Å². The summed E-state index contributed by atoms with van der Waals surface area (Å²) in [6, 6.07) is 110. The van der Waals surface area contributed by atoms with E-state index >= 15 is 0 Å². The number of ether oxygens (including phenoxy) is 2. The molecular formula is C105H102O2. The monoisotopic (exact) mass is 1390 g/mol. The number of hydrogen-bond acceptors (Lipinski definition) is 2. The first-order chi connectivity index (χ1) is 52.9. The van der Waals surface area contributed by atoms with Crippen molar-refractivity contribution >= 4 is 21.5 Å². The number of fused-ring (bicyclic) bond motifs is 7. The Bertz CT molecular complexity index is 4950. The molecule has 0 bridgehead atoms. The highest BCUT2D eigenvalue weighted by molar-refractivity contribution is 6.11. The summed E-state index contributed by atoms with van der Waals surface area (Å²) in [5, 5.41) is 4.59. The summed E-state index contributed by atoms with van der Waals surface area (Å²) < 4.78 is 12.8. The van der Waals surface area contributed by atoms with Gasteiger partial charge in [0, 0.05) is 11.1 Å². The molecule has 1 aliphatic heterocycles. The lowest BCUT2D eigenvalue weighted by molar-refractivity contribution is 0.125. The topological polar surface area (TPSA) is 18.5 Å². The van der Waals surface area contributed by atoms with E-state index in [1.165, 1.54) is 236 Å². The molecule has 2 heteroatoms. The molecule has 0 atom stereocenters. The van der Waals surface area contributed by atoms with Crippen LogP contribution in [0.15, 0.2) is 291 Å². The summed E-state index contributed by atoms with van der Waals surface area (Å²) in [5.41, 5.74) is 33.4.